The average Bonchev–Trinajstić information content (AvgIpc) is 3.08. The molecule has 0 saturated carbocycles. The maximum atomic E-state index is 12.2. The summed E-state index contributed by atoms with van der Waals surface area (Å²) in [5.41, 5.74) is 0. The van der Waals surface area contributed by atoms with Gasteiger partial charge in [-0.3, -0.25) is 9.69 Å². The molecular weight excluding hydrogens is 314 g/mol. The number of rotatable bonds is 6. The molecule has 6 nitrogen and oxygen atoms in total. The first-order valence-electron chi connectivity index (χ1n) is 8.07. The zero-order valence-corrected chi connectivity index (χ0v) is 14.6. The third-order valence-electron chi connectivity index (χ3n) is 4.02. The van der Waals surface area contributed by atoms with E-state index in [4.69, 9.17) is 4.74 Å². The van der Waals surface area contributed by atoms with Crippen molar-refractivity contribution in [2.45, 2.75) is 26.3 Å². The van der Waals surface area contributed by atoms with Crippen LogP contribution in [0.5, 0.6) is 0 Å². The molecule has 0 spiro atoms. The number of carbonyl (C=O) groups excluding carboxylic acids is 2. The quantitative estimate of drug-likeness (QED) is 0.855. The van der Waals surface area contributed by atoms with E-state index < -0.39 is 0 Å². The highest BCUT2D eigenvalue weighted by Crippen LogP contribution is 2.09. The highest BCUT2D eigenvalue weighted by molar-refractivity contribution is 7.09. The number of nitrogens with zero attached hydrogens (tertiary/aromatic N) is 2. The van der Waals surface area contributed by atoms with Gasteiger partial charge in [-0.25, -0.2) is 4.79 Å². The van der Waals surface area contributed by atoms with Gasteiger partial charge in [-0.15, -0.1) is 11.3 Å². The van der Waals surface area contributed by atoms with Gasteiger partial charge in [0.05, 0.1) is 12.6 Å². The SMILES string of the molecule is CCOC(=O)N1CCN(C(C)C(=O)NCCc2cccs2)CC1. The third kappa shape index (κ3) is 5.21. The summed E-state index contributed by atoms with van der Waals surface area (Å²) in [4.78, 5) is 29.0. The lowest BCUT2D eigenvalue weighted by molar-refractivity contribution is -0.126. The van der Waals surface area contributed by atoms with E-state index in [1.807, 2.05) is 18.4 Å². The molecule has 0 bridgehead atoms. The normalized spacial score (nSPS) is 16.9. The second kappa shape index (κ2) is 8.88. The molecule has 0 aliphatic carbocycles. The molecule has 2 heterocycles. The van der Waals surface area contributed by atoms with Crippen molar-refractivity contribution >= 4 is 23.3 Å². The molecule has 23 heavy (non-hydrogen) atoms. The van der Waals surface area contributed by atoms with Crippen LogP contribution in [0.25, 0.3) is 0 Å². The van der Waals surface area contributed by atoms with Crippen molar-refractivity contribution in [3.8, 4) is 0 Å². The summed E-state index contributed by atoms with van der Waals surface area (Å²) in [5, 5.41) is 5.04. The van der Waals surface area contributed by atoms with Crippen LogP contribution in [0.3, 0.4) is 0 Å². The Balaban J connectivity index is 1.70. The van der Waals surface area contributed by atoms with E-state index in [0.29, 0.717) is 39.3 Å². The number of ether oxygens (including phenoxy) is 1. The fraction of sp³-hybridized carbons (Fsp3) is 0.625. The average molecular weight is 339 g/mol. The maximum Gasteiger partial charge on any atom is 0.409 e. The van der Waals surface area contributed by atoms with Crippen LogP contribution in [-0.2, 0) is 16.0 Å². The van der Waals surface area contributed by atoms with Crippen LogP contribution in [0.1, 0.15) is 18.7 Å². The van der Waals surface area contributed by atoms with Crippen molar-refractivity contribution in [2.24, 2.45) is 0 Å². The fourth-order valence-corrected chi connectivity index (χ4v) is 3.29. The lowest BCUT2D eigenvalue weighted by Gasteiger charge is -2.36. The summed E-state index contributed by atoms with van der Waals surface area (Å²) in [6.45, 7) is 7.36. The van der Waals surface area contributed by atoms with Gasteiger partial charge in [-0.2, -0.15) is 0 Å². The molecule has 1 unspecified atom stereocenters. The standard InChI is InChI=1S/C16H25N3O3S/c1-3-22-16(21)19-10-8-18(9-11-19)13(2)15(20)17-7-6-14-5-4-12-23-14/h4-5,12-13H,3,6-11H2,1-2H3,(H,17,20). The van der Waals surface area contributed by atoms with Crippen LogP contribution in [-0.4, -0.2) is 67.2 Å². The van der Waals surface area contributed by atoms with Gasteiger partial charge in [0.2, 0.25) is 5.91 Å². The summed E-state index contributed by atoms with van der Waals surface area (Å²) in [7, 11) is 0. The van der Waals surface area contributed by atoms with Crippen molar-refractivity contribution in [2.75, 3.05) is 39.3 Å². The Morgan fingerprint density at radius 2 is 2.09 bits per heavy atom. The van der Waals surface area contributed by atoms with E-state index in [9.17, 15) is 9.59 Å². The summed E-state index contributed by atoms with van der Waals surface area (Å²) in [6, 6.07) is 3.92. The minimum absolute atomic E-state index is 0.0474. The lowest BCUT2D eigenvalue weighted by Crippen LogP contribution is -2.55. The van der Waals surface area contributed by atoms with E-state index in [1.54, 1.807) is 23.2 Å². The summed E-state index contributed by atoms with van der Waals surface area (Å²) in [5.74, 6) is 0.0474. The zero-order valence-electron chi connectivity index (χ0n) is 13.8. The number of amides is 2. The number of hydrogen-bond acceptors (Lipinski definition) is 5. The van der Waals surface area contributed by atoms with Gasteiger partial charge >= 0.3 is 6.09 Å². The predicted octanol–water partition coefficient (Wildman–Crippen LogP) is 1.57. The van der Waals surface area contributed by atoms with Gasteiger partial charge in [0, 0.05) is 37.6 Å². The second-order valence-electron chi connectivity index (χ2n) is 5.52. The van der Waals surface area contributed by atoms with Gasteiger partial charge in [-0.05, 0) is 31.7 Å². The third-order valence-corrected chi connectivity index (χ3v) is 4.95. The molecule has 2 rings (SSSR count). The Morgan fingerprint density at radius 3 is 2.70 bits per heavy atom. The molecule has 2 amide bonds. The maximum absolute atomic E-state index is 12.2. The van der Waals surface area contributed by atoms with Gasteiger partial charge in [0.15, 0.2) is 0 Å². The Kier molecular flexibility index (Phi) is 6.85. The van der Waals surface area contributed by atoms with Gasteiger partial charge in [-0.1, -0.05) is 6.07 Å². The Morgan fingerprint density at radius 1 is 1.35 bits per heavy atom. The first kappa shape index (κ1) is 17.7. The molecule has 1 aliphatic heterocycles. The molecule has 1 saturated heterocycles. The number of piperazine rings is 1. The number of carbonyl (C=O) groups is 2. The highest BCUT2D eigenvalue weighted by Gasteiger charge is 2.27. The highest BCUT2D eigenvalue weighted by atomic mass is 32.1. The first-order chi connectivity index (χ1) is 11.1. The first-order valence-corrected chi connectivity index (χ1v) is 8.95. The smallest absolute Gasteiger partial charge is 0.409 e. The zero-order chi connectivity index (χ0) is 16.7. The molecule has 1 atom stereocenters. The number of nitrogens with one attached hydrogen (secondary N) is 1. The van der Waals surface area contributed by atoms with E-state index in [2.05, 4.69) is 16.3 Å². The Labute approximate surface area is 141 Å². The Bertz CT molecular complexity index is 499. The molecule has 1 fully saturated rings. The summed E-state index contributed by atoms with van der Waals surface area (Å²) < 4.78 is 5.00. The summed E-state index contributed by atoms with van der Waals surface area (Å²) in [6.07, 6.45) is 0.604. The van der Waals surface area contributed by atoms with Crippen LogP contribution < -0.4 is 5.32 Å². The van der Waals surface area contributed by atoms with Gasteiger partial charge in [0.25, 0.3) is 0 Å². The van der Waals surface area contributed by atoms with Crippen molar-refractivity contribution < 1.29 is 14.3 Å². The van der Waals surface area contributed by atoms with Crippen LogP contribution in [0.2, 0.25) is 0 Å². The molecule has 0 radical (unpaired) electrons. The van der Waals surface area contributed by atoms with Crippen molar-refractivity contribution in [3.05, 3.63) is 22.4 Å². The van der Waals surface area contributed by atoms with E-state index >= 15 is 0 Å². The molecule has 1 aromatic rings. The van der Waals surface area contributed by atoms with E-state index in [1.165, 1.54) is 4.88 Å². The van der Waals surface area contributed by atoms with Crippen molar-refractivity contribution in [1.29, 1.82) is 0 Å². The molecule has 128 valence electrons. The van der Waals surface area contributed by atoms with Gasteiger partial charge < -0.3 is 15.0 Å². The van der Waals surface area contributed by atoms with Crippen LogP contribution in [0.15, 0.2) is 17.5 Å². The summed E-state index contributed by atoms with van der Waals surface area (Å²) >= 11 is 1.71. The second-order valence-corrected chi connectivity index (χ2v) is 6.55. The van der Waals surface area contributed by atoms with Crippen LogP contribution in [0.4, 0.5) is 4.79 Å². The minimum Gasteiger partial charge on any atom is -0.450 e. The number of thiophene rings is 1. The fourth-order valence-electron chi connectivity index (χ4n) is 2.58. The molecule has 1 aliphatic rings. The molecule has 1 N–H and O–H groups in total. The lowest BCUT2D eigenvalue weighted by atomic mass is 10.2. The Hall–Kier alpha value is -1.60. The van der Waals surface area contributed by atoms with Crippen LogP contribution >= 0.6 is 11.3 Å². The van der Waals surface area contributed by atoms with Gasteiger partial charge in [0.1, 0.15) is 0 Å². The van der Waals surface area contributed by atoms with E-state index in [0.717, 1.165) is 6.42 Å². The molecule has 7 heteroatoms. The largest absolute Gasteiger partial charge is 0.450 e. The molecule has 1 aromatic heterocycles. The topological polar surface area (TPSA) is 61.9 Å². The van der Waals surface area contributed by atoms with Crippen molar-refractivity contribution in [3.63, 3.8) is 0 Å². The predicted molar refractivity (Wildman–Crippen MR) is 90.7 cm³/mol. The molecule has 0 aromatic carbocycles. The van der Waals surface area contributed by atoms with Crippen molar-refractivity contribution in [1.82, 2.24) is 15.1 Å². The number of hydrogen-bond donors (Lipinski definition) is 1. The minimum atomic E-state index is -0.264. The molecular formula is C16H25N3O3S. The monoisotopic (exact) mass is 339 g/mol. The van der Waals surface area contributed by atoms with E-state index in [-0.39, 0.29) is 18.0 Å². The van der Waals surface area contributed by atoms with Crippen LogP contribution in [0, 0.1) is 0 Å².